The Balaban J connectivity index is 1.97. The maximum atomic E-state index is 11.9. The second kappa shape index (κ2) is 3.23. The second-order valence-electron chi connectivity index (χ2n) is 4.39. The minimum Gasteiger partial charge on any atom is -0.495 e. The minimum absolute atomic E-state index is 0.0918. The molecule has 0 bridgehead atoms. The molecule has 0 spiro atoms. The SMILES string of the molecule is COc1ccc(N2C(=O)C3CC3C2=O)cc1N. The van der Waals surface area contributed by atoms with Crippen LogP contribution in [0.4, 0.5) is 11.4 Å². The van der Waals surface area contributed by atoms with E-state index in [1.165, 1.54) is 12.0 Å². The van der Waals surface area contributed by atoms with E-state index in [0.29, 0.717) is 23.5 Å². The summed E-state index contributed by atoms with van der Waals surface area (Å²) >= 11 is 0. The maximum absolute atomic E-state index is 11.9. The quantitative estimate of drug-likeness (QED) is 0.604. The molecule has 5 heteroatoms. The summed E-state index contributed by atoms with van der Waals surface area (Å²) in [5.41, 5.74) is 6.72. The van der Waals surface area contributed by atoms with E-state index in [9.17, 15) is 9.59 Å². The molecular weight excluding hydrogens is 220 g/mol. The lowest BCUT2D eigenvalue weighted by atomic mass is 10.2. The fourth-order valence-electron chi connectivity index (χ4n) is 2.30. The average Bonchev–Trinajstić information content (AvgIpc) is 3.04. The number of rotatable bonds is 2. The van der Waals surface area contributed by atoms with E-state index in [2.05, 4.69) is 0 Å². The van der Waals surface area contributed by atoms with Crippen molar-refractivity contribution >= 4 is 23.2 Å². The number of carbonyl (C=O) groups is 2. The number of fused-ring (bicyclic) bond motifs is 1. The number of amides is 2. The van der Waals surface area contributed by atoms with E-state index < -0.39 is 0 Å². The molecule has 1 aliphatic carbocycles. The number of nitrogen functional groups attached to an aromatic ring is 1. The Hall–Kier alpha value is -2.04. The Kier molecular flexibility index (Phi) is 1.92. The first kappa shape index (κ1) is 10.1. The van der Waals surface area contributed by atoms with E-state index in [-0.39, 0.29) is 23.7 Å². The van der Waals surface area contributed by atoms with E-state index in [0.717, 1.165) is 0 Å². The highest BCUT2D eigenvalue weighted by Gasteiger charge is 2.59. The summed E-state index contributed by atoms with van der Waals surface area (Å²) in [6, 6.07) is 4.93. The molecule has 0 radical (unpaired) electrons. The van der Waals surface area contributed by atoms with Crippen molar-refractivity contribution in [3.05, 3.63) is 18.2 Å². The van der Waals surface area contributed by atoms with Crippen molar-refractivity contribution < 1.29 is 14.3 Å². The third kappa shape index (κ3) is 1.32. The molecule has 1 aromatic rings. The highest BCUT2D eigenvalue weighted by atomic mass is 16.5. The average molecular weight is 232 g/mol. The fraction of sp³-hybridized carbons (Fsp3) is 0.333. The Morgan fingerprint density at radius 3 is 2.47 bits per heavy atom. The molecule has 2 atom stereocenters. The molecule has 2 fully saturated rings. The maximum Gasteiger partial charge on any atom is 0.237 e. The standard InChI is InChI=1S/C12H12N2O3/c1-17-10-3-2-6(4-9(10)13)14-11(15)7-5-8(7)12(14)16/h2-4,7-8H,5,13H2,1H3. The lowest BCUT2D eigenvalue weighted by Crippen LogP contribution is -2.32. The van der Waals surface area contributed by atoms with Gasteiger partial charge >= 0.3 is 0 Å². The topological polar surface area (TPSA) is 72.6 Å². The predicted octanol–water partition coefficient (Wildman–Crippen LogP) is 0.787. The van der Waals surface area contributed by atoms with Gasteiger partial charge in [-0.1, -0.05) is 0 Å². The van der Waals surface area contributed by atoms with Crippen LogP contribution in [0.5, 0.6) is 5.75 Å². The number of nitrogens with two attached hydrogens (primary N) is 1. The van der Waals surface area contributed by atoms with Crippen molar-refractivity contribution in [2.45, 2.75) is 6.42 Å². The van der Waals surface area contributed by atoms with Crippen LogP contribution in [0.25, 0.3) is 0 Å². The molecule has 1 aliphatic heterocycles. The molecule has 1 saturated carbocycles. The lowest BCUT2D eigenvalue weighted by molar-refractivity contribution is -0.123. The third-order valence-corrected chi connectivity index (χ3v) is 3.34. The molecule has 2 N–H and O–H groups in total. The van der Waals surface area contributed by atoms with Gasteiger partial charge in [-0.15, -0.1) is 0 Å². The Bertz CT molecular complexity index is 506. The number of hydrogen-bond donors (Lipinski definition) is 1. The highest BCUT2D eigenvalue weighted by Crippen LogP contribution is 2.48. The minimum atomic E-state index is -0.107. The molecule has 2 aliphatic rings. The van der Waals surface area contributed by atoms with Gasteiger partial charge < -0.3 is 10.5 Å². The van der Waals surface area contributed by atoms with Crippen molar-refractivity contribution in [3.8, 4) is 5.75 Å². The van der Waals surface area contributed by atoms with Crippen molar-refractivity contribution in [1.29, 1.82) is 0 Å². The van der Waals surface area contributed by atoms with Crippen molar-refractivity contribution in [1.82, 2.24) is 0 Å². The van der Waals surface area contributed by atoms with Crippen LogP contribution >= 0.6 is 0 Å². The number of imide groups is 1. The largest absolute Gasteiger partial charge is 0.495 e. The summed E-state index contributed by atoms with van der Waals surface area (Å²) in [6.45, 7) is 0. The number of hydrogen-bond acceptors (Lipinski definition) is 4. The molecule has 1 heterocycles. The van der Waals surface area contributed by atoms with Gasteiger partial charge in [-0.2, -0.15) is 0 Å². The van der Waals surface area contributed by atoms with Crippen LogP contribution in [-0.4, -0.2) is 18.9 Å². The lowest BCUT2D eigenvalue weighted by Gasteiger charge is -2.17. The van der Waals surface area contributed by atoms with Crippen LogP contribution in [0.2, 0.25) is 0 Å². The summed E-state index contributed by atoms with van der Waals surface area (Å²) in [6.07, 6.45) is 0.708. The van der Waals surface area contributed by atoms with Gasteiger partial charge in [0.2, 0.25) is 11.8 Å². The number of methoxy groups -OCH3 is 1. The van der Waals surface area contributed by atoms with Gasteiger partial charge in [-0.25, -0.2) is 4.90 Å². The predicted molar refractivity (Wildman–Crippen MR) is 61.5 cm³/mol. The molecule has 88 valence electrons. The molecule has 1 saturated heterocycles. The molecule has 3 rings (SSSR count). The van der Waals surface area contributed by atoms with Gasteiger partial charge in [0.15, 0.2) is 0 Å². The number of carbonyl (C=O) groups excluding carboxylic acids is 2. The van der Waals surface area contributed by atoms with Crippen LogP contribution in [-0.2, 0) is 9.59 Å². The molecule has 2 amide bonds. The number of anilines is 2. The zero-order valence-electron chi connectivity index (χ0n) is 9.34. The molecule has 17 heavy (non-hydrogen) atoms. The van der Waals surface area contributed by atoms with Crippen molar-refractivity contribution in [2.24, 2.45) is 11.8 Å². The first-order valence-corrected chi connectivity index (χ1v) is 5.45. The fourth-order valence-corrected chi connectivity index (χ4v) is 2.30. The summed E-state index contributed by atoms with van der Waals surface area (Å²) in [5, 5.41) is 0. The second-order valence-corrected chi connectivity index (χ2v) is 4.39. The molecule has 2 unspecified atom stereocenters. The number of benzene rings is 1. The number of ether oxygens (including phenoxy) is 1. The van der Waals surface area contributed by atoms with Crippen LogP contribution in [0, 0.1) is 11.8 Å². The van der Waals surface area contributed by atoms with Crippen molar-refractivity contribution in [2.75, 3.05) is 17.7 Å². The van der Waals surface area contributed by atoms with E-state index in [1.807, 2.05) is 0 Å². The van der Waals surface area contributed by atoms with E-state index >= 15 is 0 Å². The van der Waals surface area contributed by atoms with Gasteiger partial charge in [0.1, 0.15) is 5.75 Å². The van der Waals surface area contributed by atoms with Gasteiger partial charge in [0.25, 0.3) is 0 Å². The smallest absolute Gasteiger partial charge is 0.237 e. The van der Waals surface area contributed by atoms with Gasteiger partial charge in [0.05, 0.1) is 30.3 Å². The normalized spacial score (nSPS) is 26.1. The highest BCUT2D eigenvalue weighted by molar-refractivity contribution is 6.24. The van der Waals surface area contributed by atoms with E-state index in [1.54, 1.807) is 18.2 Å². The Morgan fingerprint density at radius 2 is 1.94 bits per heavy atom. The molecule has 1 aromatic carbocycles. The van der Waals surface area contributed by atoms with Crippen LogP contribution in [0.3, 0.4) is 0 Å². The number of piperidine rings is 1. The summed E-state index contributed by atoms with van der Waals surface area (Å²) in [7, 11) is 1.52. The summed E-state index contributed by atoms with van der Waals surface area (Å²) < 4.78 is 5.03. The monoisotopic (exact) mass is 232 g/mol. The molecular formula is C12H12N2O3. The Morgan fingerprint density at radius 1 is 1.29 bits per heavy atom. The van der Waals surface area contributed by atoms with Gasteiger partial charge in [0, 0.05) is 0 Å². The zero-order chi connectivity index (χ0) is 12.2. The summed E-state index contributed by atoms with van der Waals surface area (Å²) in [4.78, 5) is 24.9. The van der Waals surface area contributed by atoms with Crippen molar-refractivity contribution in [3.63, 3.8) is 0 Å². The summed E-state index contributed by atoms with van der Waals surface area (Å²) in [5.74, 6) is 0.142. The first-order valence-electron chi connectivity index (χ1n) is 5.45. The van der Waals surface area contributed by atoms with Crippen LogP contribution in [0.15, 0.2) is 18.2 Å². The Labute approximate surface area is 98.1 Å². The van der Waals surface area contributed by atoms with Gasteiger partial charge in [-0.3, -0.25) is 9.59 Å². The number of nitrogens with zero attached hydrogens (tertiary/aromatic N) is 1. The zero-order valence-corrected chi connectivity index (χ0v) is 9.34. The van der Waals surface area contributed by atoms with Gasteiger partial charge in [-0.05, 0) is 24.6 Å². The first-order chi connectivity index (χ1) is 8.13. The third-order valence-electron chi connectivity index (χ3n) is 3.34. The van der Waals surface area contributed by atoms with E-state index in [4.69, 9.17) is 10.5 Å². The molecule has 0 aromatic heterocycles. The molecule has 5 nitrogen and oxygen atoms in total. The van der Waals surface area contributed by atoms with Crippen LogP contribution in [0.1, 0.15) is 6.42 Å². The van der Waals surface area contributed by atoms with Crippen LogP contribution < -0.4 is 15.4 Å².